The molecule has 2 aromatic heterocycles. The number of aryl methyl sites for hydroxylation is 2. The Kier molecular flexibility index (Phi) is 6.56. The molecule has 0 bridgehead atoms. The van der Waals surface area contributed by atoms with Crippen LogP contribution in [0.4, 0.5) is 5.82 Å². The van der Waals surface area contributed by atoms with Gasteiger partial charge in [0, 0.05) is 38.9 Å². The van der Waals surface area contributed by atoms with Crippen LogP contribution in [0.1, 0.15) is 27.4 Å². The van der Waals surface area contributed by atoms with Crippen molar-refractivity contribution in [1.29, 1.82) is 0 Å². The molecule has 1 aliphatic heterocycles. The molecule has 36 heavy (non-hydrogen) atoms. The Morgan fingerprint density at radius 3 is 2.25 bits per heavy atom. The largest absolute Gasteiger partial charge is 0.497 e. The second-order valence-electron chi connectivity index (χ2n) is 8.94. The Morgan fingerprint density at radius 2 is 1.61 bits per heavy atom. The van der Waals surface area contributed by atoms with E-state index in [-0.39, 0.29) is 5.91 Å². The summed E-state index contributed by atoms with van der Waals surface area (Å²) >= 11 is 0. The van der Waals surface area contributed by atoms with E-state index in [1.165, 1.54) is 5.56 Å². The van der Waals surface area contributed by atoms with Crippen molar-refractivity contribution in [2.75, 3.05) is 45.3 Å². The minimum atomic E-state index is 0.0218. The topological polar surface area (TPSA) is 85.6 Å². The van der Waals surface area contributed by atoms with Gasteiger partial charge in [-0.1, -0.05) is 17.7 Å². The zero-order valence-corrected chi connectivity index (χ0v) is 21.1. The number of ether oxygens (including phenoxy) is 2. The lowest BCUT2D eigenvalue weighted by atomic mass is 10.1. The average Bonchev–Trinajstić information content (AvgIpc) is 3.24. The summed E-state index contributed by atoms with van der Waals surface area (Å²) in [5.74, 6) is 2.19. The number of carbonyl (C=O) groups excluding carboxylic acids is 1. The second-order valence-corrected chi connectivity index (χ2v) is 8.94. The number of rotatable bonds is 6. The first kappa shape index (κ1) is 23.7. The molecule has 0 spiro atoms. The van der Waals surface area contributed by atoms with E-state index in [0.29, 0.717) is 44.2 Å². The lowest BCUT2D eigenvalue weighted by Gasteiger charge is -2.35. The van der Waals surface area contributed by atoms with E-state index in [0.717, 1.165) is 34.0 Å². The molecule has 4 aromatic rings. The van der Waals surface area contributed by atoms with Crippen molar-refractivity contribution in [3.05, 3.63) is 71.2 Å². The minimum absolute atomic E-state index is 0.0218. The van der Waals surface area contributed by atoms with Gasteiger partial charge in [0.05, 0.1) is 23.9 Å². The number of hydrogen-bond acceptors (Lipinski definition) is 7. The van der Waals surface area contributed by atoms with Crippen molar-refractivity contribution in [3.63, 3.8) is 0 Å². The van der Waals surface area contributed by atoms with Gasteiger partial charge >= 0.3 is 0 Å². The Balaban J connectivity index is 1.44. The molecule has 0 atom stereocenters. The Hall–Kier alpha value is -3.98. The zero-order chi connectivity index (χ0) is 25.2. The van der Waals surface area contributed by atoms with Crippen LogP contribution in [0.15, 0.2) is 48.5 Å². The molecule has 9 nitrogen and oxygen atoms in total. The number of benzene rings is 2. The molecule has 0 aliphatic carbocycles. The van der Waals surface area contributed by atoms with Crippen LogP contribution < -0.4 is 9.64 Å². The van der Waals surface area contributed by atoms with Crippen LogP contribution in [0.2, 0.25) is 0 Å². The highest BCUT2D eigenvalue weighted by atomic mass is 16.5. The van der Waals surface area contributed by atoms with Crippen molar-refractivity contribution in [1.82, 2.24) is 24.6 Å². The summed E-state index contributed by atoms with van der Waals surface area (Å²) in [6.07, 6.45) is 0. The summed E-state index contributed by atoms with van der Waals surface area (Å²) in [4.78, 5) is 26.8. The number of anilines is 1. The second kappa shape index (κ2) is 9.94. The molecule has 3 heterocycles. The maximum absolute atomic E-state index is 13.0. The molecule has 1 aliphatic rings. The molecule has 5 rings (SSSR count). The normalized spacial score (nSPS) is 13.9. The Labute approximate surface area is 210 Å². The lowest BCUT2D eigenvalue weighted by molar-refractivity contribution is 0.0746. The van der Waals surface area contributed by atoms with E-state index in [1.807, 2.05) is 40.8 Å². The third kappa shape index (κ3) is 4.49. The molecule has 186 valence electrons. The standard InChI is InChI=1S/C27H30N6O3/c1-18-5-9-21(10-6-18)33-26-24(19(2)30-33)25(28-23(29-26)17-35-3)31-13-15-32(16-14-31)27(34)20-7-11-22(36-4)12-8-20/h5-12H,13-17H2,1-4H3. The van der Waals surface area contributed by atoms with E-state index in [1.54, 1.807) is 26.4 Å². The zero-order valence-electron chi connectivity index (χ0n) is 21.1. The summed E-state index contributed by atoms with van der Waals surface area (Å²) in [6, 6.07) is 15.5. The average molecular weight is 487 g/mol. The van der Waals surface area contributed by atoms with Crippen LogP contribution in [0.3, 0.4) is 0 Å². The molecule has 0 saturated carbocycles. The summed E-state index contributed by atoms with van der Waals surface area (Å²) in [7, 11) is 3.25. The molecular weight excluding hydrogens is 456 g/mol. The maximum Gasteiger partial charge on any atom is 0.253 e. The molecular formula is C27H30N6O3. The highest BCUT2D eigenvalue weighted by Crippen LogP contribution is 2.30. The van der Waals surface area contributed by atoms with Gasteiger partial charge in [-0.15, -0.1) is 0 Å². The third-order valence-corrected chi connectivity index (χ3v) is 6.48. The van der Waals surface area contributed by atoms with E-state index in [4.69, 9.17) is 24.5 Å². The van der Waals surface area contributed by atoms with Crippen LogP contribution in [-0.2, 0) is 11.3 Å². The Morgan fingerprint density at radius 1 is 0.917 bits per heavy atom. The number of fused-ring (bicyclic) bond motifs is 1. The fourth-order valence-corrected chi connectivity index (χ4v) is 4.53. The number of amides is 1. The van der Waals surface area contributed by atoms with E-state index in [9.17, 15) is 4.79 Å². The monoisotopic (exact) mass is 486 g/mol. The number of piperazine rings is 1. The van der Waals surface area contributed by atoms with Gasteiger partial charge in [0.1, 0.15) is 18.2 Å². The highest BCUT2D eigenvalue weighted by Gasteiger charge is 2.27. The lowest BCUT2D eigenvalue weighted by Crippen LogP contribution is -2.49. The molecule has 2 aromatic carbocycles. The molecule has 1 fully saturated rings. The van der Waals surface area contributed by atoms with Crippen molar-refractivity contribution in [2.24, 2.45) is 0 Å². The van der Waals surface area contributed by atoms with Gasteiger partial charge in [-0.05, 0) is 50.2 Å². The van der Waals surface area contributed by atoms with Crippen LogP contribution in [0.5, 0.6) is 5.75 Å². The first-order valence-electron chi connectivity index (χ1n) is 12.0. The predicted octanol–water partition coefficient (Wildman–Crippen LogP) is 3.55. The first-order valence-corrected chi connectivity index (χ1v) is 12.0. The van der Waals surface area contributed by atoms with Gasteiger partial charge in [-0.3, -0.25) is 4.79 Å². The molecule has 1 amide bonds. The number of aromatic nitrogens is 4. The quantitative estimate of drug-likeness (QED) is 0.412. The van der Waals surface area contributed by atoms with Crippen LogP contribution in [0, 0.1) is 13.8 Å². The van der Waals surface area contributed by atoms with Gasteiger partial charge in [-0.2, -0.15) is 5.10 Å². The van der Waals surface area contributed by atoms with Crippen molar-refractivity contribution < 1.29 is 14.3 Å². The fraction of sp³-hybridized carbons (Fsp3) is 0.333. The third-order valence-electron chi connectivity index (χ3n) is 6.48. The van der Waals surface area contributed by atoms with E-state index >= 15 is 0 Å². The molecule has 0 N–H and O–H groups in total. The number of carbonyl (C=O) groups is 1. The minimum Gasteiger partial charge on any atom is -0.497 e. The summed E-state index contributed by atoms with van der Waals surface area (Å²) < 4.78 is 12.4. The summed E-state index contributed by atoms with van der Waals surface area (Å²) in [5.41, 5.74) is 4.41. The summed E-state index contributed by atoms with van der Waals surface area (Å²) in [5, 5.41) is 5.74. The van der Waals surface area contributed by atoms with E-state index < -0.39 is 0 Å². The van der Waals surface area contributed by atoms with Gasteiger partial charge < -0.3 is 19.3 Å². The Bertz CT molecular complexity index is 1370. The highest BCUT2D eigenvalue weighted by molar-refractivity contribution is 5.95. The summed E-state index contributed by atoms with van der Waals surface area (Å²) in [6.45, 7) is 6.87. The van der Waals surface area contributed by atoms with Gasteiger partial charge in [-0.25, -0.2) is 14.6 Å². The van der Waals surface area contributed by atoms with Crippen molar-refractivity contribution >= 4 is 22.8 Å². The molecule has 0 unspecified atom stereocenters. The van der Waals surface area contributed by atoms with Crippen molar-refractivity contribution in [3.8, 4) is 11.4 Å². The van der Waals surface area contributed by atoms with Crippen LogP contribution in [-0.4, -0.2) is 71.0 Å². The predicted molar refractivity (Wildman–Crippen MR) is 138 cm³/mol. The van der Waals surface area contributed by atoms with E-state index in [2.05, 4.69) is 24.0 Å². The molecule has 9 heteroatoms. The number of methoxy groups -OCH3 is 2. The number of nitrogens with zero attached hydrogens (tertiary/aromatic N) is 6. The van der Waals surface area contributed by atoms with Crippen LogP contribution in [0.25, 0.3) is 16.7 Å². The van der Waals surface area contributed by atoms with Gasteiger partial charge in [0.25, 0.3) is 5.91 Å². The van der Waals surface area contributed by atoms with Crippen LogP contribution >= 0.6 is 0 Å². The van der Waals surface area contributed by atoms with Crippen molar-refractivity contribution in [2.45, 2.75) is 20.5 Å². The maximum atomic E-state index is 13.0. The SMILES string of the molecule is COCc1nc(N2CCN(C(=O)c3ccc(OC)cc3)CC2)c2c(C)nn(-c3ccc(C)cc3)c2n1. The number of hydrogen-bond donors (Lipinski definition) is 0. The molecule has 1 saturated heterocycles. The molecule has 0 radical (unpaired) electrons. The van der Waals surface area contributed by atoms with Gasteiger partial charge in [0.2, 0.25) is 0 Å². The van der Waals surface area contributed by atoms with Gasteiger partial charge in [0.15, 0.2) is 11.5 Å². The fourth-order valence-electron chi connectivity index (χ4n) is 4.53. The first-order chi connectivity index (χ1) is 17.5. The smallest absolute Gasteiger partial charge is 0.253 e.